The van der Waals surface area contributed by atoms with E-state index in [9.17, 15) is 0 Å². The van der Waals surface area contributed by atoms with Gasteiger partial charge in [0, 0.05) is 13.3 Å². The molecular formula is C7H7ClNO. The molecule has 0 atom stereocenters. The van der Waals surface area contributed by atoms with Crippen LogP contribution in [0, 0.1) is 6.61 Å². The highest BCUT2D eigenvalue weighted by Gasteiger charge is 1.92. The van der Waals surface area contributed by atoms with E-state index in [0.29, 0.717) is 5.15 Å². The van der Waals surface area contributed by atoms with E-state index >= 15 is 0 Å². The fraction of sp³-hybridized carbons (Fsp3) is 0.143. The fourth-order valence-electron chi connectivity index (χ4n) is 0.627. The standard InChI is InChI=1S/C7H7ClNO/c1-10-5-6-2-3-9-7(8)4-6/h2-5H,1H3. The Morgan fingerprint density at radius 2 is 2.50 bits per heavy atom. The molecule has 0 aliphatic rings. The Morgan fingerprint density at radius 1 is 1.70 bits per heavy atom. The highest BCUT2D eigenvalue weighted by atomic mass is 35.5. The van der Waals surface area contributed by atoms with Crippen LogP contribution < -0.4 is 0 Å². The summed E-state index contributed by atoms with van der Waals surface area (Å²) in [5.74, 6) is 0. The lowest BCUT2D eigenvalue weighted by Crippen LogP contribution is -1.84. The van der Waals surface area contributed by atoms with Gasteiger partial charge in [-0.25, -0.2) is 4.98 Å². The molecule has 1 radical (unpaired) electrons. The van der Waals surface area contributed by atoms with Gasteiger partial charge in [-0.15, -0.1) is 0 Å². The van der Waals surface area contributed by atoms with Crippen LogP contribution in [0.25, 0.3) is 0 Å². The van der Waals surface area contributed by atoms with Crippen LogP contribution in [0.1, 0.15) is 5.56 Å². The molecule has 1 aromatic rings. The first-order valence-electron chi connectivity index (χ1n) is 2.80. The van der Waals surface area contributed by atoms with Crippen LogP contribution in [-0.4, -0.2) is 12.1 Å². The van der Waals surface area contributed by atoms with Gasteiger partial charge in [0.2, 0.25) is 0 Å². The van der Waals surface area contributed by atoms with Crippen molar-refractivity contribution in [2.75, 3.05) is 7.11 Å². The lowest BCUT2D eigenvalue weighted by atomic mass is 10.3. The summed E-state index contributed by atoms with van der Waals surface area (Å²) in [5.41, 5.74) is 0.919. The Balaban J connectivity index is 2.75. The Labute approximate surface area is 64.8 Å². The highest BCUT2D eigenvalue weighted by Crippen LogP contribution is 2.08. The Bertz CT molecular complexity index is 215. The summed E-state index contributed by atoms with van der Waals surface area (Å²) >= 11 is 5.59. The minimum absolute atomic E-state index is 0.478. The third kappa shape index (κ3) is 1.97. The highest BCUT2D eigenvalue weighted by molar-refractivity contribution is 6.29. The Kier molecular flexibility index (Phi) is 2.66. The van der Waals surface area contributed by atoms with Gasteiger partial charge in [-0.1, -0.05) is 11.6 Å². The number of nitrogens with zero attached hydrogens (tertiary/aromatic N) is 1. The summed E-state index contributed by atoms with van der Waals surface area (Å²) in [4.78, 5) is 3.81. The second-order valence-corrected chi connectivity index (χ2v) is 2.15. The lowest BCUT2D eigenvalue weighted by molar-refractivity contribution is 0.292. The third-order valence-corrected chi connectivity index (χ3v) is 1.21. The zero-order chi connectivity index (χ0) is 7.40. The van der Waals surface area contributed by atoms with Crippen LogP contribution in [0.5, 0.6) is 0 Å². The van der Waals surface area contributed by atoms with Crippen LogP contribution in [0.3, 0.4) is 0 Å². The quantitative estimate of drug-likeness (QED) is 0.611. The van der Waals surface area contributed by atoms with E-state index in [1.807, 2.05) is 6.07 Å². The van der Waals surface area contributed by atoms with E-state index in [1.165, 1.54) is 0 Å². The van der Waals surface area contributed by atoms with Crippen molar-refractivity contribution < 1.29 is 4.74 Å². The number of hydrogen-bond acceptors (Lipinski definition) is 2. The van der Waals surface area contributed by atoms with Crippen LogP contribution in [0.15, 0.2) is 18.3 Å². The largest absolute Gasteiger partial charge is 0.374 e. The molecule has 1 rings (SSSR count). The third-order valence-electron chi connectivity index (χ3n) is 1.00. The van der Waals surface area contributed by atoms with E-state index in [4.69, 9.17) is 16.3 Å². The van der Waals surface area contributed by atoms with Gasteiger partial charge in [0.15, 0.2) is 0 Å². The number of ether oxygens (including phenoxy) is 1. The van der Waals surface area contributed by atoms with Crippen molar-refractivity contribution >= 4 is 11.6 Å². The molecule has 0 aliphatic carbocycles. The van der Waals surface area contributed by atoms with Crippen molar-refractivity contribution in [1.29, 1.82) is 0 Å². The van der Waals surface area contributed by atoms with Gasteiger partial charge < -0.3 is 4.74 Å². The van der Waals surface area contributed by atoms with Crippen molar-refractivity contribution in [3.63, 3.8) is 0 Å². The summed E-state index contributed by atoms with van der Waals surface area (Å²) in [7, 11) is 1.59. The summed E-state index contributed by atoms with van der Waals surface area (Å²) in [6, 6.07) is 3.54. The number of halogens is 1. The average molecular weight is 157 g/mol. The van der Waals surface area contributed by atoms with Crippen molar-refractivity contribution in [3.8, 4) is 0 Å². The zero-order valence-electron chi connectivity index (χ0n) is 5.54. The molecule has 0 fully saturated rings. The predicted octanol–water partition coefficient (Wildman–Crippen LogP) is 1.89. The van der Waals surface area contributed by atoms with E-state index in [0.717, 1.165) is 5.56 Å². The van der Waals surface area contributed by atoms with Crippen LogP contribution >= 0.6 is 11.6 Å². The molecule has 0 bridgehead atoms. The maximum atomic E-state index is 5.59. The normalized spacial score (nSPS) is 9.80. The van der Waals surface area contributed by atoms with Gasteiger partial charge in [-0.3, -0.25) is 0 Å². The van der Waals surface area contributed by atoms with Crippen molar-refractivity contribution in [1.82, 2.24) is 4.98 Å². The maximum absolute atomic E-state index is 5.59. The molecular weight excluding hydrogens is 150 g/mol. The van der Waals surface area contributed by atoms with Gasteiger partial charge >= 0.3 is 0 Å². The first-order chi connectivity index (χ1) is 4.83. The van der Waals surface area contributed by atoms with Gasteiger partial charge in [0.1, 0.15) is 11.8 Å². The SMILES string of the molecule is CO[CH]c1ccnc(Cl)c1. The molecule has 0 spiro atoms. The van der Waals surface area contributed by atoms with Gasteiger partial charge in [0.25, 0.3) is 0 Å². The molecule has 0 aliphatic heterocycles. The summed E-state index contributed by atoms with van der Waals surface area (Å²) in [6.07, 6.45) is 1.63. The molecule has 1 heterocycles. The molecule has 0 amide bonds. The minimum atomic E-state index is 0.478. The zero-order valence-corrected chi connectivity index (χ0v) is 6.30. The van der Waals surface area contributed by atoms with Gasteiger partial charge in [-0.05, 0) is 17.7 Å². The van der Waals surface area contributed by atoms with E-state index < -0.39 is 0 Å². The first-order valence-corrected chi connectivity index (χ1v) is 3.18. The molecule has 0 N–H and O–H groups in total. The van der Waals surface area contributed by atoms with Crippen LogP contribution in [0.2, 0.25) is 5.15 Å². The summed E-state index contributed by atoms with van der Waals surface area (Å²) < 4.78 is 4.77. The van der Waals surface area contributed by atoms with Crippen LogP contribution in [0.4, 0.5) is 0 Å². The van der Waals surface area contributed by atoms with Crippen molar-refractivity contribution in [3.05, 3.63) is 35.7 Å². The first kappa shape index (κ1) is 7.51. The smallest absolute Gasteiger partial charge is 0.129 e. The minimum Gasteiger partial charge on any atom is -0.374 e. The number of rotatable bonds is 2. The van der Waals surface area contributed by atoms with E-state index in [1.54, 1.807) is 26.0 Å². The molecule has 1 aromatic heterocycles. The number of aromatic nitrogens is 1. The molecule has 2 nitrogen and oxygen atoms in total. The molecule has 53 valence electrons. The van der Waals surface area contributed by atoms with Crippen molar-refractivity contribution in [2.45, 2.75) is 0 Å². The molecule has 0 unspecified atom stereocenters. The van der Waals surface area contributed by atoms with Crippen LogP contribution in [-0.2, 0) is 4.74 Å². The molecule has 3 heteroatoms. The molecule has 10 heavy (non-hydrogen) atoms. The molecule has 0 saturated heterocycles. The Hall–Kier alpha value is -0.600. The second kappa shape index (κ2) is 3.54. The maximum Gasteiger partial charge on any atom is 0.129 e. The van der Waals surface area contributed by atoms with E-state index in [2.05, 4.69) is 4.98 Å². The topological polar surface area (TPSA) is 22.1 Å². The van der Waals surface area contributed by atoms with Gasteiger partial charge in [0.05, 0.1) is 0 Å². The number of methoxy groups -OCH3 is 1. The molecule has 0 aromatic carbocycles. The predicted molar refractivity (Wildman–Crippen MR) is 39.7 cm³/mol. The summed E-state index contributed by atoms with van der Waals surface area (Å²) in [6.45, 7) is 1.60. The van der Waals surface area contributed by atoms with Crippen molar-refractivity contribution in [2.24, 2.45) is 0 Å². The monoisotopic (exact) mass is 156 g/mol. The number of pyridine rings is 1. The molecule has 0 saturated carbocycles. The number of hydrogen-bond donors (Lipinski definition) is 0. The summed E-state index contributed by atoms with van der Waals surface area (Å²) in [5, 5.41) is 0.478. The van der Waals surface area contributed by atoms with Gasteiger partial charge in [-0.2, -0.15) is 0 Å². The van der Waals surface area contributed by atoms with E-state index in [-0.39, 0.29) is 0 Å². The Morgan fingerprint density at radius 3 is 3.10 bits per heavy atom. The lowest BCUT2D eigenvalue weighted by Gasteiger charge is -1.96. The fourth-order valence-corrected chi connectivity index (χ4v) is 0.809. The second-order valence-electron chi connectivity index (χ2n) is 1.77. The average Bonchev–Trinajstić information content (AvgIpc) is 1.88.